The molecular weight excluding hydrogens is 307 g/mol. The van der Waals surface area contributed by atoms with Gasteiger partial charge in [-0.25, -0.2) is 0 Å². The second-order valence-electron chi connectivity index (χ2n) is 4.69. The third-order valence-corrected chi connectivity index (χ3v) is 3.81. The lowest BCUT2D eigenvalue weighted by Gasteiger charge is -2.11. The summed E-state index contributed by atoms with van der Waals surface area (Å²) in [7, 11) is 0. The molecule has 3 aromatic rings. The maximum atomic E-state index is 10.0. The fourth-order valence-electron chi connectivity index (χ4n) is 2.12. The highest BCUT2D eigenvalue weighted by atomic mass is 35.5. The normalized spacial score (nSPS) is 10.8. The van der Waals surface area contributed by atoms with E-state index in [9.17, 15) is 5.11 Å². The summed E-state index contributed by atoms with van der Waals surface area (Å²) in [5, 5.41) is 13.1. The van der Waals surface area contributed by atoms with Gasteiger partial charge in [-0.05, 0) is 35.0 Å². The number of phenolic OH excluding ortho intramolecular Hbond substituents is 1. The van der Waals surface area contributed by atoms with Gasteiger partial charge >= 0.3 is 0 Å². The zero-order valence-corrected chi connectivity index (χ0v) is 12.5. The first-order valence-electron chi connectivity index (χ1n) is 6.42. The number of aromatic hydroxyl groups is 1. The van der Waals surface area contributed by atoms with Crippen LogP contribution in [0.3, 0.4) is 0 Å². The molecule has 106 valence electrons. The molecule has 0 atom stereocenters. The van der Waals surface area contributed by atoms with Crippen LogP contribution in [0.2, 0.25) is 10.0 Å². The molecule has 0 aliphatic heterocycles. The molecule has 0 aliphatic carbocycles. The van der Waals surface area contributed by atoms with E-state index in [1.165, 1.54) is 0 Å². The van der Waals surface area contributed by atoms with Crippen molar-refractivity contribution in [3.63, 3.8) is 0 Å². The zero-order chi connectivity index (χ0) is 14.8. The molecule has 2 nitrogen and oxygen atoms in total. The van der Waals surface area contributed by atoms with Crippen LogP contribution >= 0.6 is 23.2 Å². The van der Waals surface area contributed by atoms with Crippen molar-refractivity contribution < 1.29 is 9.84 Å². The lowest BCUT2D eigenvalue weighted by Crippen LogP contribution is -1.96. The third-order valence-electron chi connectivity index (χ3n) is 3.23. The van der Waals surface area contributed by atoms with Crippen LogP contribution in [0.5, 0.6) is 11.5 Å². The molecule has 0 spiro atoms. The van der Waals surface area contributed by atoms with Crippen LogP contribution in [0.4, 0.5) is 0 Å². The van der Waals surface area contributed by atoms with Crippen molar-refractivity contribution in [3.8, 4) is 11.5 Å². The molecular formula is C17H12Cl2O2. The predicted molar refractivity (Wildman–Crippen MR) is 86.4 cm³/mol. The summed E-state index contributed by atoms with van der Waals surface area (Å²) >= 11 is 12.0. The Labute approximate surface area is 132 Å². The van der Waals surface area contributed by atoms with Gasteiger partial charge in [-0.15, -0.1) is 0 Å². The Hall–Kier alpha value is -1.90. The Morgan fingerprint density at radius 1 is 0.905 bits per heavy atom. The van der Waals surface area contributed by atoms with E-state index < -0.39 is 0 Å². The van der Waals surface area contributed by atoms with Gasteiger partial charge in [0.2, 0.25) is 0 Å². The highest BCUT2D eigenvalue weighted by molar-refractivity contribution is 6.35. The van der Waals surface area contributed by atoms with Crippen molar-refractivity contribution in [2.24, 2.45) is 0 Å². The van der Waals surface area contributed by atoms with Gasteiger partial charge in [0, 0.05) is 15.6 Å². The van der Waals surface area contributed by atoms with Crippen LogP contribution in [0.25, 0.3) is 10.8 Å². The number of rotatable bonds is 3. The maximum absolute atomic E-state index is 10.0. The summed E-state index contributed by atoms with van der Waals surface area (Å²) in [6.45, 7) is 0.266. The number of benzene rings is 3. The molecule has 0 unspecified atom stereocenters. The lowest BCUT2D eigenvalue weighted by atomic mass is 10.1. The second kappa shape index (κ2) is 5.84. The van der Waals surface area contributed by atoms with E-state index in [1.807, 2.05) is 36.4 Å². The van der Waals surface area contributed by atoms with Gasteiger partial charge in [0.25, 0.3) is 0 Å². The summed E-state index contributed by atoms with van der Waals surface area (Å²) in [5.41, 5.74) is 0.814. The molecule has 3 rings (SSSR count). The average molecular weight is 319 g/mol. The van der Waals surface area contributed by atoms with Crippen molar-refractivity contribution >= 4 is 34.0 Å². The molecule has 21 heavy (non-hydrogen) atoms. The van der Waals surface area contributed by atoms with E-state index in [4.69, 9.17) is 27.9 Å². The van der Waals surface area contributed by atoms with Gasteiger partial charge in [-0.1, -0.05) is 53.5 Å². The molecule has 0 aliphatic rings. The molecule has 0 radical (unpaired) electrons. The fraction of sp³-hybridized carbons (Fsp3) is 0.0588. The van der Waals surface area contributed by atoms with E-state index in [-0.39, 0.29) is 12.4 Å². The third kappa shape index (κ3) is 3.07. The highest BCUT2D eigenvalue weighted by Gasteiger charge is 2.07. The van der Waals surface area contributed by atoms with E-state index in [0.29, 0.717) is 15.8 Å². The Morgan fingerprint density at radius 2 is 1.62 bits per heavy atom. The maximum Gasteiger partial charge on any atom is 0.162 e. The van der Waals surface area contributed by atoms with Crippen molar-refractivity contribution in [2.45, 2.75) is 6.61 Å². The molecule has 0 amide bonds. The summed E-state index contributed by atoms with van der Waals surface area (Å²) in [4.78, 5) is 0. The van der Waals surface area contributed by atoms with Crippen LogP contribution in [0.1, 0.15) is 5.56 Å². The molecule has 0 bridgehead atoms. The summed E-state index contributed by atoms with van der Waals surface area (Å²) in [6, 6.07) is 16.5. The van der Waals surface area contributed by atoms with Crippen molar-refractivity contribution in [1.29, 1.82) is 0 Å². The van der Waals surface area contributed by atoms with Crippen molar-refractivity contribution in [2.75, 3.05) is 0 Å². The summed E-state index contributed by atoms with van der Waals surface area (Å²) in [5.74, 6) is 0.540. The van der Waals surface area contributed by atoms with Gasteiger partial charge in [-0.2, -0.15) is 0 Å². The first-order chi connectivity index (χ1) is 10.1. The first-order valence-corrected chi connectivity index (χ1v) is 7.17. The average Bonchev–Trinajstić information content (AvgIpc) is 2.46. The van der Waals surface area contributed by atoms with Crippen LogP contribution in [-0.4, -0.2) is 5.11 Å². The van der Waals surface area contributed by atoms with Gasteiger partial charge in [-0.3, -0.25) is 0 Å². The van der Waals surface area contributed by atoms with Crippen LogP contribution in [-0.2, 0) is 6.61 Å². The Balaban J connectivity index is 1.86. The molecule has 4 heteroatoms. The number of fused-ring (bicyclic) bond motifs is 1. The van der Waals surface area contributed by atoms with Gasteiger partial charge in [0.05, 0.1) is 0 Å². The number of halogens is 2. The van der Waals surface area contributed by atoms with E-state index in [0.717, 1.165) is 16.3 Å². The van der Waals surface area contributed by atoms with Crippen molar-refractivity contribution in [3.05, 3.63) is 70.2 Å². The van der Waals surface area contributed by atoms with E-state index >= 15 is 0 Å². The molecule has 1 N–H and O–H groups in total. The molecule has 3 aromatic carbocycles. The number of ether oxygens (including phenoxy) is 1. The Kier molecular flexibility index (Phi) is 3.91. The van der Waals surface area contributed by atoms with E-state index in [1.54, 1.807) is 18.2 Å². The van der Waals surface area contributed by atoms with Crippen LogP contribution in [0, 0.1) is 0 Å². The summed E-state index contributed by atoms with van der Waals surface area (Å²) < 4.78 is 5.67. The van der Waals surface area contributed by atoms with Crippen LogP contribution < -0.4 is 4.74 Å². The fourth-order valence-corrected chi connectivity index (χ4v) is 2.58. The Bertz CT molecular complexity index is 800. The smallest absolute Gasteiger partial charge is 0.162 e. The highest BCUT2D eigenvalue weighted by Crippen LogP contribution is 2.32. The standard InChI is InChI=1S/C17H12Cl2O2/c18-14-6-5-13(15(19)9-14)10-21-17-8-12-4-2-1-3-11(12)7-16(17)20/h1-9,20H,10H2. The quantitative estimate of drug-likeness (QED) is 0.697. The SMILES string of the molecule is Oc1cc2ccccc2cc1OCc1ccc(Cl)cc1Cl. The van der Waals surface area contributed by atoms with Gasteiger partial charge in [0.1, 0.15) is 6.61 Å². The number of hydrogen-bond donors (Lipinski definition) is 1. The number of hydrogen-bond acceptors (Lipinski definition) is 2. The lowest BCUT2D eigenvalue weighted by molar-refractivity contribution is 0.289. The van der Waals surface area contributed by atoms with Gasteiger partial charge in [0.15, 0.2) is 11.5 Å². The summed E-state index contributed by atoms with van der Waals surface area (Å²) in [6.07, 6.45) is 0. The minimum absolute atomic E-state index is 0.110. The molecule has 0 saturated heterocycles. The number of phenols is 1. The van der Waals surface area contributed by atoms with E-state index in [2.05, 4.69) is 0 Å². The van der Waals surface area contributed by atoms with Gasteiger partial charge < -0.3 is 9.84 Å². The Morgan fingerprint density at radius 3 is 2.33 bits per heavy atom. The molecule has 0 heterocycles. The molecule has 0 saturated carbocycles. The molecule has 0 fully saturated rings. The van der Waals surface area contributed by atoms with Crippen molar-refractivity contribution in [1.82, 2.24) is 0 Å². The predicted octanol–water partition coefficient (Wildman–Crippen LogP) is 5.43. The minimum Gasteiger partial charge on any atom is -0.504 e. The largest absolute Gasteiger partial charge is 0.504 e. The topological polar surface area (TPSA) is 29.5 Å². The minimum atomic E-state index is 0.110. The monoisotopic (exact) mass is 318 g/mol. The second-order valence-corrected chi connectivity index (χ2v) is 5.54. The first kappa shape index (κ1) is 14.1. The van der Waals surface area contributed by atoms with Crippen LogP contribution in [0.15, 0.2) is 54.6 Å². The molecule has 0 aromatic heterocycles. The zero-order valence-electron chi connectivity index (χ0n) is 11.0.